The normalized spacial score (nSPS) is 20.2. The molecule has 0 spiro atoms. The van der Waals surface area contributed by atoms with Gasteiger partial charge in [-0.2, -0.15) is 0 Å². The molecule has 0 unspecified atom stereocenters. The zero-order valence-corrected chi connectivity index (χ0v) is 14.9. The van der Waals surface area contributed by atoms with Crippen molar-refractivity contribution in [2.75, 3.05) is 26.7 Å². The smallest absolute Gasteiger partial charge is 0.0843 e. The van der Waals surface area contributed by atoms with Crippen molar-refractivity contribution in [1.82, 2.24) is 10.2 Å². The average molecular weight is 396 g/mol. The van der Waals surface area contributed by atoms with Crippen LogP contribution in [0.3, 0.4) is 0 Å². The van der Waals surface area contributed by atoms with Crippen molar-refractivity contribution in [3.8, 4) is 0 Å². The Balaban J connectivity index is 1.78. The molecule has 1 aliphatic heterocycles. The van der Waals surface area contributed by atoms with Gasteiger partial charge in [-0.1, -0.05) is 6.92 Å². The lowest BCUT2D eigenvalue weighted by Crippen LogP contribution is -2.41. The molecule has 2 rings (SSSR count). The number of nitrogens with zero attached hydrogens (tertiary/aromatic N) is 1. The Morgan fingerprint density at radius 1 is 1.39 bits per heavy atom. The highest BCUT2D eigenvalue weighted by Crippen LogP contribution is 2.33. The number of piperidine rings is 1. The van der Waals surface area contributed by atoms with Gasteiger partial charge < -0.3 is 10.2 Å². The van der Waals surface area contributed by atoms with Crippen LogP contribution in [0.25, 0.3) is 0 Å². The molecule has 1 aromatic rings. The van der Waals surface area contributed by atoms with Gasteiger partial charge in [0.1, 0.15) is 0 Å². The lowest BCUT2D eigenvalue weighted by molar-refractivity contribution is 0.137. The quantitative estimate of drug-likeness (QED) is 0.825. The standard InChI is InChI=1S/C13H20Br2N2S/c1-13(3-5-17(2)6-4-13)9-16-8-10-7-11(14)12(15)18-10/h7,16H,3-6,8-9H2,1-2H3. The van der Waals surface area contributed by atoms with Crippen LogP contribution in [-0.4, -0.2) is 31.6 Å². The number of thiophene rings is 1. The fraction of sp³-hybridized carbons (Fsp3) is 0.692. The first-order valence-corrected chi connectivity index (χ1v) is 8.72. The van der Waals surface area contributed by atoms with Gasteiger partial charge >= 0.3 is 0 Å². The summed E-state index contributed by atoms with van der Waals surface area (Å²) < 4.78 is 2.35. The third-order valence-corrected chi connectivity index (χ3v) is 7.00. The maximum atomic E-state index is 3.62. The van der Waals surface area contributed by atoms with Crippen LogP contribution >= 0.6 is 43.2 Å². The third-order valence-electron chi connectivity index (χ3n) is 3.74. The van der Waals surface area contributed by atoms with E-state index in [0.29, 0.717) is 5.41 Å². The molecule has 18 heavy (non-hydrogen) atoms. The second kappa shape index (κ2) is 6.35. The number of halogens is 2. The van der Waals surface area contributed by atoms with E-state index in [1.54, 1.807) is 11.3 Å². The van der Waals surface area contributed by atoms with Gasteiger partial charge in [0.2, 0.25) is 0 Å². The highest BCUT2D eigenvalue weighted by molar-refractivity contribution is 9.13. The summed E-state index contributed by atoms with van der Waals surface area (Å²) in [6.07, 6.45) is 2.60. The maximum absolute atomic E-state index is 3.62. The lowest BCUT2D eigenvalue weighted by atomic mass is 9.80. The van der Waals surface area contributed by atoms with Crippen LogP contribution in [0.15, 0.2) is 14.3 Å². The summed E-state index contributed by atoms with van der Waals surface area (Å²) in [7, 11) is 2.22. The molecule has 0 amide bonds. The molecule has 1 saturated heterocycles. The topological polar surface area (TPSA) is 15.3 Å². The van der Waals surface area contributed by atoms with Crippen LogP contribution in [0, 0.1) is 5.41 Å². The summed E-state index contributed by atoms with van der Waals surface area (Å²) in [6.45, 7) is 6.96. The molecule has 2 nitrogen and oxygen atoms in total. The summed E-state index contributed by atoms with van der Waals surface area (Å²) in [4.78, 5) is 3.81. The molecule has 2 heterocycles. The Morgan fingerprint density at radius 2 is 2.06 bits per heavy atom. The van der Waals surface area contributed by atoms with E-state index in [0.717, 1.165) is 17.6 Å². The average Bonchev–Trinajstić information content (AvgIpc) is 2.63. The minimum absolute atomic E-state index is 0.470. The highest BCUT2D eigenvalue weighted by atomic mass is 79.9. The molecular weight excluding hydrogens is 376 g/mol. The number of nitrogens with one attached hydrogen (secondary N) is 1. The van der Waals surface area contributed by atoms with Crippen molar-refractivity contribution in [3.05, 3.63) is 19.2 Å². The molecule has 5 heteroatoms. The van der Waals surface area contributed by atoms with Gasteiger partial charge in [0, 0.05) is 22.4 Å². The first-order valence-electron chi connectivity index (χ1n) is 6.31. The summed E-state index contributed by atoms with van der Waals surface area (Å²) >= 11 is 8.87. The second-order valence-electron chi connectivity index (χ2n) is 5.55. The van der Waals surface area contributed by atoms with E-state index in [-0.39, 0.29) is 0 Å². The summed E-state index contributed by atoms with van der Waals surface area (Å²) in [5.74, 6) is 0. The Morgan fingerprint density at radius 3 is 2.61 bits per heavy atom. The molecule has 0 radical (unpaired) electrons. The Hall–Kier alpha value is 0.580. The third kappa shape index (κ3) is 4.04. The number of rotatable bonds is 4. The first kappa shape index (κ1) is 15.0. The molecule has 102 valence electrons. The fourth-order valence-corrected chi connectivity index (χ4v) is 4.45. The molecule has 0 atom stereocenters. The van der Waals surface area contributed by atoms with Crippen molar-refractivity contribution < 1.29 is 0 Å². The fourth-order valence-electron chi connectivity index (χ4n) is 2.30. The van der Waals surface area contributed by atoms with Gasteiger partial charge in [-0.15, -0.1) is 11.3 Å². The summed E-state index contributed by atoms with van der Waals surface area (Å²) in [6, 6.07) is 2.19. The zero-order valence-electron chi connectivity index (χ0n) is 10.9. The lowest BCUT2D eigenvalue weighted by Gasteiger charge is -2.38. The van der Waals surface area contributed by atoms with Gasteiger partial charge in [-0.25, -0.2) is 0 Å². The van der Waals surface area contributed by atoms with Crippen LogP contribution in [0.4, 0.5) is 0 Å². The first-order chi connectivity index (χ1) is 8.48. The summed E-state index contributed by atoms with van der Waals surface area (Å²) in [5.41, 5.74) is 0.470. The van der Waals surface area contributed by atoms with Crippen molar-refractivity contribution in [2.24, 2.45) is 5.41 Å². The van der Waals surface area contributed by atoms with Crippen LogP contribution in [0.5, 0.6) is 0 Å². The van der Waals surface area contributed by atoms with Crippen LogP contribution < -0.4 is 5.32 Å². The van der Waals surface area contributed by atoms with Crippen LogP contribution in [-0.2, 0) is 6.54 Å². The largest absolute Gasteiger partial charge is 0.311 e. The minimum Gasteiger partial charge on any atom is -0.311 e. The van der Waals surface area contributed by atoms with Crippen LogP contribution in [0.1, 0.15) is 24.6 Å². The van der Waals surface area contributed by atoms with E-state index in [4.69, 9.17) is 0 Å². The molecule has 0 saturated carbocycles. The van der Waals surface area contributed by atoms with E-state index >= 15 is 0 Å². The van der Waals surface area contributed by atoms with E-state index < -0.39 is 0 Å². The molecule has 0 bridgehead atoms. The Bertz CT molecular complexity index is 378. The van der Waals surface area contributed by atoms with Crippen molar-refractivity contribution in [2.45, 2.75) is 26.3 Å². The highest BCUT2D eigenvalue weighted by Gasteiger charge is 2.28. The van der Waals surface area contributed by atoms with E-state index in [2.05, 4.69) is 62.1 Å². The monoisotopic (exact) mass is 394 g/mol. The van der Waals surface area contributed by atoms with Gasteiger partial charge in [0.05, 0.1) is 3.79 Å². The number of likely N-dealkylation sites (tertiary alicyclic amines) is 1. The van der Waals surface area contributed by atoms with Crippen molar-refractivity contribution in [1.29, 1.82) is 0 Å². The van der Waals surface area contributed by atoms with E-state index in [9.17, 15) is 0 Å². The molecule has 1 aliphatic rings. The maximum Gasteiger partial charge on any atom is 0.0843 e. The van der Waals surface area contributed by atoms with E-state index in [1.165, 1.54) is 34.6 Å². The molecule has 0 aliphatic carbocycles. The second-order valence-corrected chi connectivity index (χ2v) is 8.86. The van der Waals surface area contributed by atoms with Crippen LogP contribution in [0.2, 0.25) is 0 Å². The van der Waals surface area contributed by atoms with Crippen molar-refractivity contribution >= 4 is 43.2 Å². The predicted octanol–water partition coefficient (Wildman–Crippen LogP) is 4.09. The zero-order chi connectivity index (χ0) is 13.2. The summed E-state index contributed by atoms with van der Waals surface area (Å²) in [5, 5.41) is 3.62. The van der Waals surface area contributed by atoms with Crippen molar-refractivity contribution in [3.63, 3.8) is 0 Å². The molecule has 1 N–H and O–H groups in total. The van der Waals surface area contributed by atoms with Gasteiger partial charge in [-0.3, -0.25) is 0 Å². The van der Waals surface area contributed by atoms with Gasteiger partial charge in [0.25, 0.3) is 0 Å². The predicted molar refractivity (Wildman–Crippen MR) is 86.3 cm³/mol. The minimum atomic E-state index is 0.470. The SMILES string of the molecule is CN1CCC(C)(CNCc2cc(Br)c(Br)s2)CC1. The number of hydrogen-bond donors (Lipinski definition) is 1. The number of hydrogen-bond acceptors (Lipinski definition) is 3. The van der Waals surface area contributed by atoms with E-state index in [1.807, 2.05) is 0 Å². The Labute approximate surface area is 130 Å². The molecular formula is C13H20Br2N2S. The van der Waals surface area contributed by atoms with Gasteiger partial charge in [0.15, 0.2) is 0 Å². The molecule has 1 aromatic heterocycles. The Kier molecular flexibility index (Phi) is 5.29. The molecule has 0 aromatic carbocycles. The van der Waals surface area contributed by atoms with Gasteiger partial charge in [-0.05, 0) is 76.3 Å². The molecule has 1 fully saturated rings.